The summed E-state index contributed by atoms with van der Waals surface area (Å²) in [4.78, 5) is 0. The summed E-state index contributed by atoms with van der Waals surface area (Å²) in [6, 6.07) is 11.0. The topological polar surface area (TPSA) is 0 Å². The van der Waals surface area contributed by atoms with E-state index in [1.165, 1.54) is 24.8 Å². The summed E-state index contributed by atoms with van der Waals surface area (Å²) in [6.07, 6.45) is 6.58. The lowest BCUT2D eigenvalue weighted by molar-refractivity contribution is 0.908. The Morgan fingerprint density at radius 2 is 1.75 bits per heavy atom. The van der Waals surface area contributed by atoms with Gasteiger partial charge in [-0.2, -0.15) is 0 Å². The first-order chi connectivity index (χ1) is 7.69. The molecule has 2 aliphatic rings. The van der Waals surface area contributed by atoms with Gasteiger partial charge in [0.25, 0.3) is 0 Å². The van der Waals surface area contributed by atoms with Crippen LogP contribution < -0.4 is 0 Å². The van der Waals surface area contributed by atoms with E-state index >= 15 is 0 Å². The average Bonchev–Trinajstić information content (AvgIpc) is 2.83. The second-order valence-electron chi connectivity index (χ2n) is 5.41. The van der Waals surface area contributed by atoms with E-state index in [-0.39, 0.29) is 0 Å². The summed E-state index contributed by atoms with van der Waals surface area (Å²) in [5, 5.41) is 3.48. The third kappa shape index (κ3) is 1.35. The fourth-order valence-electron chi connectivity index (χ4n) is 3.22. The zero-order valence-electron chi connectivity index (χ0n) is 10.1. The largest absolute Gasteiger partial charge is 0.108 e. The van der Waals surface area contributed by atoms with E-state index in [1.807, 2.05) is 5.20 Å². The van der Waals surface area contributed by atoms with Gasteiger partial charge in [0.15, 0.2) is 0 Å². The molecular weight excluding hydrogens is 208 g/mol. The molecule has 82 valence electrons. The van der Waals surface area contributed by atoms with Gasteiger partial charge >= 0.3 is 0 Å². The minimum Gasteiger partial charge on any atom is -0.0729 e. The van der Waals surface area contributed by atoms with Crippen molar-refractivity contribution >= 4 is 13.3 Å². The summed E-state index contributed by atoms with van der Waals surface area (Å²) in [6.45, 7) is 5.03. The molecular formula is C15H18Si. The van der Waals surface area contributed by atoms with E-state index < -0.39 is 8.07 Å². The SMILES string of the molecule is C[Si]1(C)C(c2ccccc2)=CC2=C1CCC2. The lowest BCUT2D eigenvalue weighted by atomic mass is 10.1. The predicted molar refractivity (Wildman–Crippen MR) is 72.8 cm³/mol. The molecule has 0 saturated carbocycles. The molecule has 0 spiro atoms. The minimum absolute atomic E-state index is 1.30. The molecule has 0 aromatic heterocycles. The standard InChI is InChI=1S/C15H18Si/c1-16(2)14-10-6-9-13(14)11-15(16)12-7-4-3-5-8-12/h3-5,7-8,11H,6,9-10H2,1-2H3. The van der Waals surface area contributed by atoms with Crippen molar-refractivity contribution < 1.29 is 0 Å². The summed E-state index contributed by atoms with van der Waals surface area (Å²) >= 11 is 0. The van der Waals surface area contributed by atoms with E-state index in [0.717, 1.165) is 0 Å². The van der Waals surface area contributed by atoms with Crippen LogP contribution in [0.5, 0.6) is 0 Å². The van der Waals surface area contributed by atoms with Crippen molar-refractivity contribution in [1.29, 1.82) is 0 Å². The van der Waals surface area contributed by atoms with Crippen molar-refractivity contribution in [1.82, 2.24) is 0 Å². The highest BCUT2D eigenvalue weighted by atomic mass is 28.3. The second-order valence-corrected chi connectivity index (χ2v) is 9.80. The summed E-state index contributed by atoms with van der Waals surface area (Å²) < 4.78 is 0. The van der Waals surface area contributed by atoms with Gasteiger partial charge in [-0.1, -0.05) is 60.3 Å². The Kier molecular flexibility index (Phi) is 2.18. The highest BCUT2D eigenvalue weighted by Crippen LogP contribution is 2.46. The van der Waals surface area contributed by atoms with Crippen LogP contribution in [0.4, 0.5) is 0 Å². The van der Waals surface area contributed by atoms with Crippen LogP contribution in [0.3, 0.4) is 0 Å². The molecule has 16 heavy (non-hydrogen) atoms. The van der Waals surface area contributed by atoms with Gasteiger partial charge in [0.05, 0.1) is 0 Å². The number of hydrogen-bond donors (Lipinski definition) is 0. The van der Waals surface area contributed by atoms with Crippen LogP contribution >= 0.6 is 0 Å². The zero-order chi connectivity index (χ0) is 11.2. The molecule has 0 bridgehead atoms. The first kappa shape index (κ1) is 10.1. The normalized spacial score (nSPS) is 22.2. The van der Waals surface area contributed by atoms with Gasteiger partial charge in [-0.25, -0.2) is 0 Å². The number of hydrogen-bond acceptors (Lipinski definition) is 0. The van der Waals surface area contributed by atoms with Gasteiger partial charge in [0, 0.05) is 0 Å². The molecule has 1 aliphatic heterocycles. The van der Waals surface area contributed by atoms with Gasteiger partial charge in [-0.15, -0.1) is 0 Å². The van der Waals surface area contributed by atoms with E-state index in [0.29, 0.717) is 0 Å². The van der Waals surface area contributed by atoms with Crippen LogP contribution in [-0.2, 0) is 0 Å². The van der Waals surface area contributed by atoms with Crippen molar-refractivity contribution in [3.8, 4) is 0 Å². The molecule has 0 N–H and O–H groups in total. The second kappa shape index (κ2) is 3.46. The molecule has 0 atom stereocenters. The van der Waals surface area contributed by atoms with Crippen LogP contribution in [0.1, 0.15) is 24.8 Å². The quantitative estimate of drug-likeness (QED) is 0.624. The van der Waals surface area contributed by atoms with Crippen LogP contribution in [0, 0.1) is 0 Å². The van der Waals surface area contributed by atoms with Gasteiger partial charge in [-0.05, 0) is 30.0 Å². The van der Waals surface area contributed by atoms with Crippen LogP contribution in [-0.4, -0.2) is 8.07 Å². The van der Waals surface area contributed by atoms with E-state index in [4.69, 9.17) is 0 Å². The summed E-state index contributed by atoms with van der Waals surface area (Å²) in [5.74, 6) is 0. The Bertz CT molecular complexity index is 477. The molecule has 0 radical (unpaired) electrons. The van der Waals surface area contributed by atoms with Crippen molar-refractivity contribution in [2.75, 3.05) is 0 Å². The predicted octanol–water partition coefficient (Wildman–Crippen LogP) is 4.35. The number of rotatable bonds is 1. The first-order valence-corrected chi connectivity index (χ1v) is 9.20. The molecule has 0 saturated heterocycles. The molecule has 1 aromatic rings. The molecule has 0 nitrogen and oxygen atoms in total. The fraction of sp³-hybridized carbons (Fsp3) is 0.333. The lowest BCUT2D eigenvalue weighted by Gasteiger charge is -2.24. The highest BCUT2D eigenvalue weighted by molar-refractivity contribution is 7.01. The third-order valence-electron chi connectivity index (χ3n) is 4.09. The monoisotopic (exact) mass is 226 g/mol. The first-order valence-electron chi connectivity index (χ1n) is 6.20. The van der Waals surface area contributed by atoms with E-state index in [1.54, 1.807) is 10.8 Å². The number of allylic oxidation sites excluding steroid dienone is 3. The van der Waals surface area contributed by atoms with Crippen molar-refractivity contribution in [2.45, 2.75) is 32.4 Å². The molecule has 3 rings (SSSR count). The van der Waals surface area contributed by atoms with Crippen LogP contribution in [0.15, 0.2) is 47.2 Å². The molecule has 0 amide bonds. The van der Waals surface area contributed by atoms with Crippen molar-refractivity contribution in [3.05, 3.63) is 52.7 Å². The Morgan fingerprint density at radius 1 is 1.00 bits per heavy atom. The Morgan fingerprint density at radius 3 is 2.44 bits per heavy atom. The average molecular weight is 226 g/mol. The maximum atomic E-state index is 2.51. The Labute approximate surface area is 98.7 Å². The maximum absolute atomic E-state index is 2.51. The molecule has 0 unspecified atom stereocenters. The summed E-state index contributed by atoms with van der Waals surface area (Å²) in [5.41, 5.74) is 3.13. The molecule has 1 heteroatoms. The van der Waals surface area contributed by atoms with Gasteiger partial charge < -0.3 is 0 Å². The third-order valence-corrected chi connectivity index (χ3v) is 7.95. The van der Waals surface area contributed by atoms with Crippen molar-refractivity contribution in [3.63, 3.8) is 0 Å². The van der Waals surface area contributed by atoms with Crippen molar-refractivity contribution in [2.24, 2.45) is 0 Å². The Balaban J connectivity index is 2.06. The van der Waals surface area contributed by atoms with Crippen LogP contribution in [0.25, 0.3) is 5.20 Å². The van der Waals surface area contributed by atoms with E-state index in [9.17, 15) is 0 Å². The van der Waals surface area contributed by atoms with Crippen LogP contribution in [0.2, 0.25) is 13.1 Å². The smallest absolute Gasteiger partial charge is 0.0729 e. The molecule has 1 aromatic carbocycles. The molecule has 1 aliphatic carbocycles. The summed E-state index contributed by atoms with van der Waals surface area (Å²) in [7, 11) is -1.30. The fourth-order valence-corrected chi connectivity index (χ4v) is 6.77. The minimum atomic E-state index is -1.30. The maximum Gasteiger partial charge on any atom is 0.108 e. The van der Waals surface area contributed by atoms with E-state index in [2.05, 4.69) is 49.5 Å². The lowest BCUT2D eigenvalue weighted by Crippen LogP contribution is -2.28. The highest BCUT2D eigenvalue weighted by Gasteiger charge is 2.39. The Hall–Kier alpha value is -1.08. The molecule has 0 fully saturated rings. The van der Waals surface area contributed by atoms with Gasteiger partial charge in [-0.3, -0.25) is 0 Å². The van der Waals surface area contributed by atoms with Gasteiger partial charge in [0.2, 0.25) is 0 Å². The number of benzene rings is 1. The van der Waals surface area contributed by atoms with Gasteiger partial charge in [0.1, 0.15) is 8.07 Å². The molecule has 1 heterocycles. The zero-order valence-corrected chi connectivity index (χ0v) is 11.1.